The molecule has 7 atom stereocenters. The first-order valence-corrected chi connectivity index (χ1v) is 19.2. The molecule has 4 aliphatic rings. The molecule has 12 heteroatoms. The molecule has 3 N–H and O–H groups in total. The Balaban J connectivity index is 1.39. The highest BCUT2D eigenvalue weighted by Gasteiger charge is 2.37. The van der Waals surface area contributed by atoms with Gasteiger partial charge >= 0.3 is 18.2 Å². The van der Waals surface area contributed by atoms with Crippen LogP contribution in [0.15, 0.2) is 36.0 Å². The van der Waals surface area contributed by atoms with Crippen molar-refractivity contribution in [3.63, 3.8) is 0 Å². The number of carbonyl (C=O) groups excluding carboxylic acids is 3. The summed E-state index contributed by atoms with van der Waals surface area (Å²) >= 11 is 0. The van der Waals surface area contributed by atoms with Gasteiger partial charge in [-0.2, -0.15) is 0 Å². The number of nitrogens with zero attached hydrogens (tertiary/aromatic N) is 3. The van der Waals surface area contributed by atoms with E-state index in [9.17, 15) is 29.7 Å². The SMILES string of the molecule is C/C(=C\C=C\[C@@H](C)COC(=O)N1CCC[C@@H]1CO)[C@H]1OC(=O)C[C@@H](O)CC[C@](C)(O)[C@@H](OC(=O)N2CCN(C3CCCCCC3)CC2)/C=C\[C@@H]1C. The van der Waals surface area contributed by atoms with Crippen LogP contribution < -0.4 is 0 Å². The van der Waals surface area contributed by atoms with Crippen LogP contribution in [-0.4, -0.2) is 130 Å². The number of aliphatic hydroxyl groups is 3. The maximum atomic E-state index is 13.4. The van der Waals surface area contributed by atoms with E-state index >= 15 is 0 Å². The number of hydrogen-bond acceptors (Lipinski definition) is 10. The van der Waals surface area contributed by atoms with Crippen molar-refractivity contribution < 1.29 is 43.9 Å². The molecule has 0 spiro atoms. The number of amides is 2. The van der Waals surface area contributed by atoms with Crippen LogP contribution in [0, 0.1) is 11.8 Å². The number of allylic oxidation sites excluding steroid dienone is 2. The van der Waals surface area contributed by atoms with Crippen LogP contribution in [0.5, 0.6) is 0 Å². The van der Waals surface area contributed by atoms with Gasteiger partial charge in [0.2, 0.25) is 0 Å². The Morgan fingerprint density at radius 1 is 1.02 bits per heavy atom. The molecule has 2 saturated heterocycles. The van der Waals surface area contributed by atoms with Crippen LogP contribution in [0.2, 0.25) is 0 Å². The summed E-state index contributed by atoms with van der Waals surface area (Å²) in [5, 5.41) is 31.7. The molecule has 4 rings (SSSR count). The molecule has 0 aromatic carbocycles. The second-order valence-electron chi connectivity index (χ2n) is 15.4. The smallest absolute Gasteiger partial charge is 0.410 e. The molecular formula is C39H63N3O9. The van der Waals surface area contributed by atoms with Gasteiger partial charge in [-0.05, 0) is 64.0 Å². The minimum Gasteiger partial charge on any atom is -0.457 e. The molecule has 3 heterocycles. The first-order valence-electron chi connectivity index (χ1n) is 19.2. The van der Waals surface area contributed by atoms with E-state index in [1.54, 1.807) is 22.8 Å². The molecule has 0 aromatic rings. The minimum absolute atomic E-state index is 0.0735. The monoisotopic (exact) mass is 717 g/mol. The van der Waals surface area contributed by atoms with Crippen LogP contribution in [0.1, 0.15) is 98.3 Å². The third-order valence-electron chi connectivity index (χ3n) is 11.0. The fourth-order valence-corrected chi connectivity index (χ4v) is 7.63. The quantitative estimate of drug-likeness (QED) is 0.103. The summed E-state index contributed by atoms with van der Waals surface area (Å²) in [5.74, 6) is -0.982. The van der Waals surface area contributed by atoms with Gasteiger partial charge in [-0.15, -0.1) is 0 Å². The summed E-state index contributed by atoms with van der Waals surface area (Å²) in [6, 6.07) is 0.391. The molecule has 2 amide bonds. The average molecular weight is 718 g/mol. The molecule has 0 radical (unpaired) electrons. The maximum absolute atomic E-state index is 13.4. The van der Waals surface area contributed by atoms with Crippen LogP contribution in [-0.2, 0) is 19.0 Å². The van der Waals surface area contributed by atoms with Gasteiger partial charge in [-0.3, -0.25) is 9.69 Å². The van der Waals surface area contributed by atoms with E-state index in [-0.39, 0.29) is 50.4 Å². The standard InChI is InChI=1S/C39H63N3O9/c1-28(27-49-38(47)42-20-10-15-32(42)26-43)11-9-12-29(2)36-30(3)16-17-34(39(4,48)19-18-33(44)25-35(45)51-36)50-37(46)41-23-21-40(22-24-41)31-13-7-5-6-8-14-31/h9,11-12,16-17,28,30-34,36,43-44,48H,5-8,10,13-15,18-27H2,1-4H3/b11-9+,17-16-,29-12+/t28-,30+,32-,33+,34+,36-,39+/m1/s1. The van der Waals surface area contributed by atoms with E-state index in [2.05, 4.69) is 4.90 Å². The Bertz CT molecular complexity index is 1220. The minimum atomic E-state index is -1.48. The lowest BCUT2D eigenvalue weighted by molar-refractivity contribution is -0.151. The van der Waals surface area contributed by atoms with Crippen molar-refractivity contribution >= 4 is 18.2 Å². The molecule has 1 aliphatic carbocycles. The summed E-state index contributed by atoms with van der Waals surface area (Å²) < 4.78 is 17.4. The molecule has 1 saturated carbocycles. The molecule has 0 unspecified atom stereocenters. The van der Waals surface area contributed by atoms with Crippen LogP contribution in [0.4, 0.5) is 9.59 Å². The molecule has 12 nitrogen and oxygen atoms in total. The van der Waals surface area contributed by atoms with E-state index in [4.69, 9.17) is 14.2 Å². The van der Waals surface area contributed by atoms with Gasteiger partial charge in [0.05, 0.1) is 31.8 Å². The summed E-state index contributed by atoms with van der Waals surface area (Å²) in [4.78, 5) is 44.6. The summed E-state index contributed by atoms with van der Waals surface area (Å²) in [5.41, 5.74) is -0.726. The molecule has 288 valence electrons. The van der Waals surface area contributed by atoms with Crippen LogP contribution in [0.3, 0.4) is 0 Å². The Morgan fingerprint density at radius 3 is 2.41 bits per heavy atom. The lowest BCUT2D eigenvalue weighted by Crippen LogP contribution is -2.53. The summed E-state index contributed by atoms with van der Waals surface area (Å²) in [6.45, 7) is 10.7. The Hall–Kier alpha value is -2.93. The normalized spacial score (nSPS) is 32.4. The van der Waals surface area contributed by atoms with Gasteiger partial charge in [-0.25, -0.2) is 9.59 Å². The van der Waals surface area contributed by atoms with Crippen molar-refractivity contribution in [1.29, 1.82) is 0 Å². The maximum Gasteiger partial charge on any atom is 0.410 e. The number of ether oxygens (including phenoxy) is 3. The van der Waals surface area contributed by atoms with Crippen LogP contribution in [0.25, 0.3) is 0 Å². The van der Waals surface area contributed by atoms with Crippen molar-refractivity contribution in [2.75, 3.05) is 45.9 Å². The van der Waals surface area contributed by atoms with Crippen molar-refractivity contribution in [2.24, 2.45) is 11.8 Å². The largest absolute Gasteiger partial charge is 0.457 e. The number of hydrogen-bond donors (Lipinski definition) is 3. The molecule has 3 aliphatic heterocycles. The lowest BCUT2D eigenvalue weighted by Gasteiger charge is -2.40. The Labute approximate surface area is 304 Å². The van der Waals surface area contributed by atoms with Crippen molar-refractivity contribution in [2.45, 2.75) is 134 Å². The average Bonchev–Trinajstić information content (AvgIpc) is 3.43. The Kier molecular flexibility index (Phi) is 15.8. The van der Waals surface area contributed by atoms with E-state index in [0.717, 1.165) is 31.5 Å². The zero-order chi connectivity index (χ0) is 37.0. The highest BCUT2D eigenvalue weighted by atomic mass is 16.6. The van der Waals surface area contributed by atoms with Gasteiger partial charge in [0, 0.05) is 50.6 Å². The van der Waals surface area contributed by atoms with Gasteiger partial charge in [0.25, 0.3) is 0 Å². The first-order chi connectivity index (χ1) is 24.4. The van der Waals surface area contributed by atoms with Crippen molar-refractivity contribution in [1.82, 2.24) is 14.7 Å². The second-order valence-corrected chi connectivity index (χ2v) is 15.4. The Morgan fingerprint density at radius 2 is 1.73 bits per heavy atom. The molecular weight excluding hydrogens is 654 g/mol. The van der Waals surface area contributed by atoms with Gasteiger partial charge < -0.3 is 39.3 Å². The highest BCUT2D eigenvalue weighted by Crippen LogP contribution is 2.28. The summed E-state index contributed by atoms with van der Waals surface area (Å²) in [7, 11) is 0. The fourth-order valence-electron chi connectivity index (χ4n) is 7.63. The predicted molar refractivity (Wildman–Crippen MR) is 194 cm³/mol. The third kappa shape index (κ3) is 12.3. The van der Waals surface area contributed by atoms with Gasteiger partial charge in [0.1, 0.15) is 11.7 Å². The van der Waals surface area contributed by atoms with E-state index in [1.165, 1.54) is 38.5 Å². The topological polar surface area (TPSA) is 149 Å². The number of piperazine rings is 1. The molecule has 0 bridgehead atoms. The number of likely N-dealkylation sites (tertiary alicyclic amines) is 1. The second kappa shape index (κ2) is 19.8. The molecule has 0 aromatic heterocycles. The predicted octanol–water partition coefficient (Wildman–Crippen LogP) is 4.96. The van der Waals surface area contributed by atoms with E-state index in [0.29, 0.717) is 25.7 Å². The number of rotatable bonds is 8. The fraction of sp³-hybridized carbons (Fsp3) is 0.769. The zero-order valence-corrected chi connectivity index (χ0v) is 31.3. The van der Waals surface area contributed by atoms with Gasteiger partial charge in [0.15, 0.2) is 6.10 Å². The summed E-state index contributed by atoms with van der Waals surface area (Å²) in [6.07, 6.45) is 14.7. The van der Waals surface area contributed by atoms with Crippen molar-refractivity contribution in [3.8, 4) is 0 Å². The first kappa shape index (κ1) is 40.8. The van der Waals surface area contributed by atoms with Crippen molar-refractivity contribution in [3.05, 3.63) is 36.0 Å². The number of aliphatic hydroxyl groups excluding tert-OH is 2. The lowest BCUT2D eigenvalue weighted by atomic mass is 9.89. The number of esters is 1. The molecule has 51 heavy (non-hydrogen) atoms. The zero-order valence-electron chi connectivity index (χ0n) is 31.3. The van der Waals surface area contributed by atoms with Gasteiger partial charge in [-0.1, -0.05) is 63.8 Å². The number of cyclic esters (lactones) is 1. The van der Waals surface area contributed by atoms with E-state index in [1.807, 2.05) is 45.1 Å². The highest BCUT2D eigenvalue weighted by molar-refractivity contribution is 5.70. The molecule has 3 fully saturated rings. The van der Waals surface area contributed by atoms with Crippen LogP contribution >= 0.6 is 0 Å². The third-order valence-corrected chi connectivity index (χ3v) is 11.0. The van der Waals surface area contributed by atoms with E-state index < -0.39 is 42.1 Å². The number of carbonyl (C=O) groups is 3.